The van der Waals surface area contributed by atoms with Crippen molar-refractivity contribution >= 4 is 38.9 Å². The third-order valence-electron chi connectivity index (χ3n) is 6.37. The van der Waals surface area contributed by atoms with Crippen LogP contribution in [-0.2, 0) is 11.2 Å². The van der Waals surface area contributed by atoms with E-state index in [9.17, 15) is 9.59 Å². The number of nitrogens with zero attached hydrogens (tertiary/aromatic N) is 2. The molecule has 3 aromatic rings. The van der Waals surface area contributed by atoms with Crippen LogP contribution in [0, 0.1) is 6.92 Å². The van der Waals surface area contributed by atoms with Crippen molar-refractivity contribution in [1.29, 1.82) is 0 Å². The molecule has 1 fully saturated rings. The predicted molar refractivity (Wildman–Crippen MR) is 133 cm³/mol. The van der Waals surface area contributed by atoms with E-state index >= 15 is 0 Å². The van der Waals surface area contributed by atoms with E-state index in [0.29, 0.717) is 13.0 Å². The summed E-state index contributed by atoms with van der Waals surface area (Å²) < 4.78 is 1.12. The van der Waals surface area contributed by atoms with Crippen LogP contribution in [-0.4, -0.2) is 49.9 Å². The largest absolute Gasteiger partial charge is 0.374 e. The zero-order valence-corrected chi connectivity index (χ0v) is 19.9. The normalized spacial score (nSPS) is 15.8. The third kappa shape index (κ3) is 4.65. The minimum absolute atomic E-state index is 0.0446. The molecule has 168 valence electrons. The lowest BCUT2D eigenvalue weighted by atomic mass is 10.00. The van der Waals surface area contributed by atoms with E-state index in [-0.39, 0.29) is 17.9 Å². The molecule has 1 aliphatic rings. The lowest BCUT2D eigenvalue weighted by Gasteiger charge is -2.27. The summed E-state index contributed by atoms with van der Waals surface area (Å²) in [6.07, 6.45) is 3.22. The summed E-state index contributed by atoms with van der Waals surface area (Å²) in [6.45, 7) is 3.57. The van der Waals surface area contributed by atoms with Crippen LogP contribution in [0.3, 0.4) is 0 Å². The molecule has 1 aromatic heterocycles. The van der Waals surface area contributed by atoms with Crippen molar-refractivity contribution in [2.75, 3.05) is 32.1 Å². The van der Waals surface area contributed by atoms with Crippen molar-refractivity contribution in [3.63, 3.8) is 0 Å². The van der Waals surface area contributed by atoms with Crippen LogP contribution < -0.4 is 10.2 Å². The van der Waals surface area contributed by atoms with Gasteiger partial charge in [0.15, 0.2) is 0 Å². The number of hydrogen-bond acceptors (Lipinski definition) is 4. The number of carbonyl (C=O) groups is 2. The number of carbonyl (C=O) groups excluding carboxylic acids is 2. The second-order valence-corrected chi connectivity index (χ2v) is 9.64. The minimum atomic E-state index is -0.0446. The highest BCUT2D eigenvalue weighted by molar-refractivity contribution is 7.21. The Labute approximate surface area is 194 Å². The minimum Gasteiger partial charge on any atom is -0.374 e. The molecule has 1 saturated heterocycles. The van der Waals surface area contributed by atoms with Crippen molar-refractivity contribution in [2.45, 2.75) is 38.6 Å². The third-order valence-corrected chi connectivity index (χ3v) is 7.58. The fourth-order valence-electron chi connectivity index (χ4n) is 4.61. The molecule has 2 heterocycles. The van der Waals surface area contributed by atoms with Gasteiger partial charge >= 0.3 is 0 Å². The number of anilines is 1. The molecule has 0 spiro atoms. The van der Waals surface area contributed by atoms with Gasteiger partial charge in [0, 0.05) is 50.0 Å². The Balaban J connectivity index is 1.47. The summed E-state index contributed by atoms with van der Waals surface area (Å²) in [7, 11) is 3.71. The zero-order valence-electron chi connectivity index (χ0n) is 19.1. The average Bonchev–Trinajstić information content (AvgIpc) is 3.42. The van der Waals surface area contributed by atoms with Gasteiger partial charge in [-0.05, 0) is 60.9 Å². The quantitative estimate of drug-likeness (QED) is 0.572. The van der Waals surface area contributed by atoms with E-state index < -0.39 is 0 Å². The Hall–Kier alpha value is -2.86. The van der Waals surface area contributed by atoms with Crippen molar-refractivity contribution in [2.24, 2.45) is 0 Å². The van der Waals surface area contributed by atoms with E-state index in [2.05, 4.69) is 53.5 Å². The number of amides is 2. The maximum atomic E-state index is 13.1. The van der Waals surface area contributed by atoms with Gasteiger partial charge in [0.25, 0.3) is 5.91 Å². The van der Waals surface area contributed by atoms with Gasteiger partial charge in [-0.1, -0.05) is 30.3 Å². The van der Waals surface area contributed by atoms with Crippen molar-refractivity contribution < 1.29 is 9.59 Å². The molecular weight excluding hydrogens is 418 g/mol. The molecule has 0 bridgehead atoms. The summed E-state index contributed by atoms with van der Waals surface area (Å²) in [4.78, 5) is 30.7. The van der Waals surface area contributed by atoms with Crippen LogP contribution in [0.1, 0.15) is 40.1 Å². The number of thiophene rings is 1. The number of hydrogen-bond donors (Lipinski definition) is 1. The van der Waals surface area contributed by atoms with Crippen LogP contribution in [0.15, 0.2) is 48.5 Å². The van der Waals surface area contributed by atoms with Crippen molar-refractivity contribution in [1.82, 2.24) is 10.2 Å². The molecular formula is C26H31N3O2S. The van der Waals surface area contributed by atoms with Crippen LogP contribution in [0.5, 0.6) is 0 Å². The zero-order chi connectivity index (χ0) is 22.7. The highest BCUT2D eigenvalue weighted by atomic mass is 32.1. The van der Waals surface area contributed by atoms with E-state index in [1.807, 2.05) is 24.1 Å². The first-order valence-corrected chi connectivity index (χ1v) is 12.1. The van der Waals surface area contributed by atoms with Crippen LogP contribution in [0.4, 0.5) is 5.69 Å². The predicted octanol–water partition coefficient (Wildman–Crippen LogP) is 4.63. The Morgan fingerprint density at radius 1 is 1.19 bits per heavy atom. The fraction of sp³-hybridized carbons (Fsp3) is 0.385. The Morgan fingerprint density at radius 3 is 2.78 bits per heavy atom. The molecule has 1 N–H and O–H groups in total. The molecule has 2 aromatic carbocycles. The van der Waals surface area contributed by atoms with E-state index in [0.717, 1.165) is 52.0 Å². The molecule has 5 nitrogen and oxygen atoms in total. The van der Waals surface area contributed by atoms with Gasteiger partial charge in [-0.3, -0.25) is 9.59 Å². The monoisotopic (exact) mass is 449 g/mol. The Kier molecular flexibility index (Phi) is 6.80. The smallest absolute Gasteiger partial charge is 0.261 e. The van der Waals surface area contributed by atoms with Gasteiger partial charge in [0.05, 0.1) is 4.88 Å². The van der Waals surface area contributed by atoms with Gasteiger partial charge in [-0.2, -0.15) is 0 Å². The maximum Gasteiger partial charge on any atom is 0.261 e. The lowest BCUT2D eigenvalue weighted by Crippen LogP contribution is -2.38. The molecule has 0 unspecified atom stereocenters. The van der Waals surface area contributed by atoms with Crippen LogP contribution in [0.25, 0.3) is 10.1 Å². The van der Waals surface area contributed by atoms with Crippen LogP contribution in [0.2, 0.25) is 0 Å². The van der Waals surface area contributed by atoms with E-state index in [4.69, 9.17) is 0 Å². The van der Waals surface area contributed by atoms with Gasteiger partial charge in [-0.25, -0.2) is 0 Å². The van der Waals surface area contributed by atoms with Crippen molar-refractivity contribution in [3.05, 3.63) is 64.5 Å². The number of rotatable bonds is 7. The molecule has 0 radical (unpaired) electrons. The number of fused-ring (bicyclic) bond motifs is 1. The molecule has 4 rings (SSSR count). The molecule has 32 heavy (non-hydrogen) atoms. The number of nitrogens with one attached hydrogen (secondary N) is 1. The highest BCUT2D eigenvalue weighted by Gasteiger charge is 2.31. The highest BCUT2D eigenvalue weighted by Crippen LogP contribution is 2.34. The average molecular weight is 450 g/mol. The SMILES string of the molecule is CNC(=O)c1sc2ccccc2c1C[C@H]1CCCN1C(=O)CCN(C)c1cccc(C)c1. The summed E-state index contributed by atoms with van der Waals surface area (Å²) in [5.74, 6) is 0.157. The summed E-state index contributed by atoms with van der Waals surface area (Å²) >= 11 is 1.54. The molecule has 0 saturated carbocycles. The topological polar surface area (TPSA) is 52.7 Å². The Bertz CT molecular complexity index is 1120. The lowest BCUT2D eigenvalue weighted by molar-refractivity contribution is -0.131. The van der Waals surface area contributed by atoms with Crippen molar-refractivity contribution in [3.8, 4) is 0 Å². The first-order chi connectivity index (χ1) is 15.5. The standard InChI is InChI=1S/C26H31N3O2S/c1-18-8-6-9-19(16-18)28(3)15-13-24(30)29-14-7-10-20(29)17-22-21-11-4-5-12-23(21)32-25(22)26(31)27-2/h4-6,8-9,11-12,16,20H,7,10,13-15,17H2,1-3H3,(H,27,31)/t20-/m1/s1. The maximum absolute atomic E-state index is 13.1. The molecule has 1 aliphatic heterocycles. The molecule has 2 amide bonds. The molecule has 6 heteroatoms. The molecule has 1 atom stereocenters. The number of benzene rings is 2. The summed E-state index contributed by atoms with van der Waals surface area (Å²) in [6, 6.07) is 16.7. The number of likely N-dealkylation sites (tertiary alicyclic amines) is 1. The number of aryl methyl sites for hydroxylation is 1. The first kappa shape index (κ1) is 22.3. The van der Waals surface area contributed by atoms with Crippen LogP contribution >= 0.6 is 11.3 Å². The van der Waals surface area contributed by atoms with Gasteiger partial charge in [0.1, 0.15) is 0 Å². The van der Waals surface area contributed by atoms with Gasteiger partial charge in [0.2, 0.25) is 5.91 Å². The fourth-order valence-corrected chi connectivity index (χ4v) is 5.79. The van der Waals surface area contributed by atoms with Gasteiger partial charge in [-0.15, -0.1) is 11.3 Å². The van der Waals surface area contributed by atoms with E-state index in [1.165, 1.54) is 5.56 Å². The summed E-state index contributed by atoms with van der Waals surface area (Å²) in [5.41, 5.74) is 3.43. The second kappa shape index (κ2) is 9.74. The molecule has 0 aliphatic carbocycles. The first-order valence-electron chi connectivity index (χ1n) is 11.3. The van der Waals surface area contributed by atoms with E-state index in [1.54, 1.807) is 18.4 Å². The van der Waals surface area contributed by atoms with Gasteiger partial charge < -0.3 is 15.1 Å². The second-order valence-electron chi connectivity index (χ2n) is 8.58. The summed E-state index contributed by atoms with van der Waals surface area (Å²) in [5, 5.41) is 3.91. The Morgan fingerprint density at radius 2 is 2.00 bits per heavy atom.